The summed E-state index contributed by atoms with van der Waals surface area (Å²) < 4.78 is 23.5. The quantitative estimate of drug-likeness (QED) is 0.0251. The van der Waals surface area contributed by atoms with Crippen molar-refractivity contribution < 1.29 is 32.9 Å². The summed E-state index contributed by atoms with van der Waals surface area (Å²) in [6.45, 7) is 4.62. The number of rotatable bonds is 37. The SMILES string of the molecule is CC/C=C\C/C=C\C/C=C\C/C=C\C/C=C\C/C=C\CCCCCCC(=O)NC(COP(=O)(O)OCC[N+](C)(C)C)C(O)/C=C/CCCCCCCCCC. The Morgan fingerprint density at radius 2 is 1.09 bits per heavy atom. The van der Waals surface area contributed by atoms with Gasteiger partial charge in [0.1, 0.15) is 13.2 Å². The fraction of sp³-hybridized carbons (Fsp3) is 0.674. The van der Waals surface area contributed by atoms with Crippen LogP contribution in [0.15, 0.2) is 85.1 Å². The number of carbonyl (C=O) groups is 1. The Balaban J connectivity index is 4.43. The normalized spacial score (nSPS) is 15.3. The highest BCUT2D eigenvalue weighted by Gasteiger charge is 2.27. The average Bonchev–Trinajstić information content (AvgIpc) is 3.13. The Labute approximate surface area is 337 Å². The van der Waals surface area contributed by atoms with Gasteiger partial charge in [0.25, 0.3) is 0 Å². The number of likely N-dealkylation sites (N-methyl/N-ethyl adjacent to an activating group) is 1. The van der Waals surface area contributed by atoms with Gasteiger partial charge >= 0.3 is 7.82 Å². The minimum absolute atomic E-state index is 0.0510. The van der Waals surface area contributed by atoms with Crippen molar-refractivity contribution >= 4 is 13.7 Å². The number of phosphoric ester groups is 1. The molecule has 0 fully saturated rings. The van der Waals surface area contributed by atoms with Crippen LogP contribution < -0.4 is 5.32 Å². The first-order chi connectivity index (χ1) is 26.5. The van der Waals surface area contributed by atoms with E-state index in [1.165, 1.54) is 38.5 Å². The van der Waals surface area contributed by atoms with Gasteiger partial charge in [-0.3, -0.25) is 13.8 Å². The molecule has 316 valence electrons. The van der Waals surface area contributed by atoms with Crippen molar-refractivity contribution in [1.29, 1.82) is 0 Å². The van der Waals surface area contributed by atoms with Crippen molar-refractivity contribution in [3.63, 3.8) is 0 Å². The molecular formula is C46H82N2O6P+. The molecule has 0 bridgehead atoms. The second-order valence-electron chi connectivity index (χ2n) is 15.3. The summed E-state index contributed by atoms with van der Waals surface area (Å²) in [5.41, 5.74) is 0. The average molecular weight is 790 g/mol. The zero-order valence-corrected chi connectivity index (χ0v) is 36.5. The first-order valence-corrected chi connectivity index (χ1v) is 23.0. The first kappa shape index (κ1) is 52.7. The maximum atomic E-state index is 12.8. The molecule has 0 aromatic rings. The molecule has 55 heavy (non-hydrogen) atoms. The number of allylic oxidation sites excluding steroid dienone is 13. The molecule has 0 saturated heterocycles. The molecule has 0 spiro atoms. The summed E-state index contributed by atoms with van der Waals surface area (Å²) in [4.78, 5) is 23.0. The zero-order chi connectivity index (χ0) is 40.7. The summed E-state index contributed by atoms with van der Waals surface area (Å²) in [5.74, 6) is -0.209. The number of quaternary nitrogens is 1. The molecule has 8 nitrogen and oxygen atoms in total. The highest BCUT2D eigenvalue weighted by atomic mass is 31.2. The lowest BCUT2D eigenvalue weighted by Crippen LogP contribution is -2.45. The van der Waals surface area contributed by atoms with E-state index < -0.39 is 20.0 Å². The lowest BCUT2D eigenvalue weighted by Gasteiger charge is -2.25. The second kappa shape index (κ2) is 37.3. The Morgan fingerprint density at radius 3 is 1.60 bits per heavy atom. The standard InChI is InChI=1S/C46H81N2O6P/c1-6-8-10-12-14-16-18-19-20-21-22-23-24-25-26-27-28-29-30-32-34-36-38-40-46(50)47-44(43-54-55(51,52)53-42-41-48(3,4)5)45(49)39-37-35-33-31-17-15-13-11-9-7-2/h8,10,14,16,19-20,22-23,25-26,28-29,37,39,44-45,49H,6-7,9,11-13,15,17-18,21,24,27,30-36,38,40-43H2,1-5H3,(H-,47,50,51,52)/p+1/b10-8-,16-14-,20-19-,23-22-,26-25-,29-28-,39-37+. The van der Waals surface area contributed by atoms with Gasteiger partial charge < -0.3 is 19.8 Å². The van der Waals surface area contributed by atoms with Gasteiger partial charge in [-0.2, -0.15) is 0 Å². The highest BCUT2D eigenvalue weighted by Crippen LogP contribution is 2.43. The van der Waals surface area contributed by atoms with Crippen molar-refractivity contribution in [3.8, 4) is 0 Å². The maximum absolute atomic E-state index is 12.8. The molecule has 0 rings (SSSR count). The van der Waals surface area contributed by atoms with Crippen LogP contribution in [-0.4, -0.2) is 73.4 Å². The van der Waals surface area contributed by atoms with Gasteiger partial charge in [-0.25, -0.2) is 4.57 Å². The molecule has 9 heteroatoms. The number of hydrogen-bond donors (Lipinski definition) is 3. The lowest BCUT2D eigenvalue weighted by molar-refractivity contribution is -0.870. The Bertz CT molecular complexity index is 1170. The van der Waals surface area contributed by atoms with Gasteiger partial charge in [-0.1, -0.05) is 157 Å². The van der Waals surface area contributed by atoms with Gasteiger partial charge in [0.2, 0.25) is 5.91 Å². The molecule has 1 amide bonds. The van der Waals surface area contributed by atoms with Crippen molar-refractivity contribution in [2.45, 2.75) is 161 Å². The molecule has 0 aromatic heterocycles. The van der Waals surface area contributed by atoms with Gasteiger partial charge in [0, 0.05) is 6.42 Å². The molecule has 0 heterocycles. The molecule has 3 N–H and O–H groups in total. The van der Waals surface area contributed by atoms with E-state index in [9.17, 15) is 19.4 Å². The minimum Gasteiger partial charge on any atom is -0.387 e. The van der Waals surface area contributed by atoms with Crippen LogP contribution in [0, 0.1) is 0 Å². The number of nitrogens with zero attached hydrogens (tertiary/aromatic N) is 1. The Kier molecular flexibility index (Phi) is 35.7. The van der Waals surface area contributed by atoms with Crippen LogP contribution in [0.2, 0.25) is 0 Å². The third-order valence-electron chi connectivity index (χ3n) is 8.87. The van der Waals surface area contributed by atoms with E-state index in [-0.39, 0.29) is 19.1 Å². The lowest BCUT2D eigenvalue weighted by atomic mass is 10.1. The highest BCUT2D eigenvalue weighted by molar-refractivity contribution is 7.47. The van der Waals surface area contributed by atoms with E-state index >= 15 is 0 Å². The van der Waals surface area contributed by atoms with Crippen LogP contribution in [-0.2, 0) is 18.4 Å². The predicted molar refractivity (Wildman–Crippen MR) is 235 cm³/mol. The zero-order valence-electron chi connectivity index (χ0n) is 35.6. The van der Waals surface area contributed by atoms with E-state index in [1.807, 2.05) is 27.2 Å². The summed E-state index contributed by atoms with van der Waals surface area (Å²) in [6, 6.07) is -0.863. The fourth-order valence-corrected chi connectivity index (χ4v) is 6.19. The first-order valence-electron chi connectivity index (χ1n) is 21.5. The van der Waals surface area contributed by atoms with Crippen molar-refractivity contribution in [2.24, 2.45) is 0 Å². The molecule has 0 aromatic carbocycles. The number of phosphoric acid groups is 1. The molecule has 0 radical (unpaired) electrons. The van der Waals surface area contributed by atoms with E-state index in [0.717, 1.165) is 89.9 Å². The monoisotopic (exact) mass is 790 g/mol. The molecule has 0 aliphatic heterocycles. The Morgan fingerprint density at radius 1 is 0.636 bits per heavy atom. The number of amides is 1. The van der Waals surface area contributed by atoms with E-state index in [0.29, 0.717) is 17.4 Å². The van der Waals surface area contributed by atoms with Crippen LogP contribution in [0.4, 0.5) is 0 Å². The van der Waals surface area contributed by atoms with Crippen LogP contribution in [0.25, 0.3) is 0 Å². The van der Waals surface area contributed by atoms with Crippen molar-refractivity contribution in [1.82, 2.24) is 5.32 Å². The summed E-state index contributed by atoms with van der Waals surface area (Å²) >= 11 is 0. The molecule has 0 aliphatic carbocycles. The van der Waals surface area contributed by atoms with Crippen LogP contribution >= 0.6 is 7.82 Å². The van der Waals surface area contributed by atoms with Gasteiger partial charge in [0.15, 0.2) is 0 Å². The minimum atomic E-state index is -4.34. The fourth-order valence-electron chi connectivity index (χ4n) is 5.45. The van der Waals surface area contributed by atoms with Gasteiger partial charge in [-0.05, 0) is 70.6 Å². The predicted octanol–water partition coefficient (Wildman–Crippen LogP) is 11.8. The summed E-state index contributed by atoms with van der Waals surface area (Å²) in [5, 5.41) is 13.7. The summed E-state index contributed by atoms with van der Waals surface area (Å²) in [7, 11) is 1.53. The van der Waals surface area contributed by atoms with E-state index in [2.05, 4.69) is 92.1 Å². The van der Waals surface area contributed by atoms with Gasteiger partial charge in [-0.15, -0.1) is 0 Å². The second-order valence-corrected chi connectivity index (χ2v) is 16.8. The number of hydrogen-bond acceptors (Lipinski definition) is 5. The molecule has 3 atom stereocenters. The summed E-state index contributed by atoms with van der Waals surface area (Å²) in [6.07, 6.45) is 50.8. The molecule has 0 saturated carbocycles. The van der Waals surface area contributed by atoms with Crippen LogP contribution in [0.3, 0.4) is 0 Å². The maximum Gasteiger partial charge on any atom is 0.472 e. The van der Waals surface area contributed by atoms with Crippen LogP contribution in [0.5, 0.6) is 0 Å². The molecular weight excluding hydrogens is 707 g/mol. The largest absolute Gasteiger partial charge is 0.472 e. The smallest absolute Gasteiger partial charge is 0.387 e. The number of nitrogens with one attached hydrogen (secondary N) is 1. The van der Waals surface area contributed by atoms with Crippen molar-refractivity contribution in [3.05, 3.63) is 85.1 Å². The van der Waals surface area contributed by atoms with E-state index in [1.54, 1.807) is 6.08 Å². The van der Waals surface area contributed by atoms with Crippen molar-refractivity contribution in [2.75, 3.05) is 40.9 Å². The Hall–Kier alpha value is -2.32. The number of aliphatic hydroxyl groups is 1. The number of carbonyl (C=O) groups excluding carboxylic acids is 1. The molecule has 0 aliphatic rings. The van der Waals surface area contributed by atoms with Gasteiger partial charge in [0.05, 0.1) is 39.9 Å². The van der Waals surface area contributed by atoms with E-state index in [4.69, 9.17) is 9.05 Å². The molecule has 3 unspecified atom stereocenters. The number of unbranched alkanes of at least 4 members (excludes halogenated alkanes) is 12. The number of aliphatic hydroxyl groups excluding tert-OH is 1. The topological polar surface area (TPSA) is 105 Å². The van der Waals surface area contributed by atoms with Crippen LogP contribution in [0.1, 0.15) is 149 Å². The third kappa shape index (κ3) is 39.7. The third-order valence-corrected chi connectivity index (χ3v) is 9.86.